The first kappa shape index (κ1) is 10.4. The topological polar surface area (TPSA) is 52.3 Å². The van der Waals surface area contributed by atoms with Gasteiger partial charge in [0.05, 0.1) is 23.9 Å². The molecule has 0 aliphatic rings. The fourth-order valence-corrected chi connectivity index (χ4v) is 1.54. The first-order valence-corrected chi connectivity index (χ1v) is 4.82. The SMILES string of the molecule is COc1ccccc1-c1onc(C)c1C=O. The minimum absolute atomic E-state index is 0.449. The molecule has 0 atom stereocenters. The number of aldehydes is 1. The van der Waals surface area contributed by atoms with E-state index in [1.807, 2.05) is 24.3 Å². The van der Waals surface area contributed by atoms with Gasteiger partial charge in [-0.05, 0) is 19.1 Å². The molecule has 0 aliphatic carbocycles. The summed E-state index contributed by atoms with van der Waals surface area (Å²) in [6.45, 7) is 1.73. The number of aromatic nitrogens is 1. The Balaban J connectivity index is 2.62. The number of ether oxygens (including phenoxy) is 1. The van der Waals surface area contributed by atoms with Gasteiger partial charge in [-0.15, -0.1) is 0 Å². The number of carbonyl (C=O) groups is 1. The van der Waals surface area contributed by atoms with Gasteiger partial charge < -0.3 is 9.26 Å². The molecule has 0 radical (unpaired) electrons. The van der Waals surface area contributed by atoms with Crippen molar-refractivity contribution in [2.45, 2.75) is 6.92 Å². The van der Waals surface area contributed by atoms with Crippen LogP contribution >= 0.6 is 0 Å². The molecule has 1 aromatic heterocycles. The van der Waals surface area contributed by atoms with Crippen LogP contribution in [0.25, 0.3) is 11.3 Å². The molecule has 0 amide bonds. The Labute approximate surface area is 92.8 Å². The summed E-state index contributed by atoms with van der Waals surface area (Å²) in [5, 5.41) is 3.78. The van der Waals surface area contributed by atoms with Crippen LogP contribution in [0.1, 0.15) is 16.1 Å². The van der Waals surface area contributed by atoms with Crippen molar-refractivity contribution in [3.63, 3.8) is 0 Å². The predicted octanol–water partition coefficient (Wildman–Crippen LogP) is 2.47. The van der Waals surface area contributed by atoms with Crippen LogP contribution in [0, 0.1) is 6.92 Å². The molecule has 4 heteroatoms. The maximum absolute atomic E-state index is 10.9. The molecule has 0 bridgehead atoms. The van der Waals surface area contributed by atoms with Gasteiger partial charge in [0, 0.05) is 0 Å². The lowest BCUT2D eigenvalue weighted by Crippen LogP contribution is -1.89. The Morgan fingerprint density at radius 3 is 2.81 bits per heavy atom. The second-order valence-corrected chi connectivity index (χ2v) is 3.33. The van der Waals surface area contributed by atoms with E-state index in [2.05, 4.69) is 5.16 Å². The summed E-state index contributed by atoms with van der Waals surface area (Å²) in [7, 11) is 1.57. The average Bonchev–Trinajstić information content (AvgIpc) is 2.70. The smallest absolute Gasteiger partial charge is 0.181 e. The maximum atomic E-state index is 10.9. The van der Waals surface area contributed by atoms with Crippen LogP contribution in [-0.2, 0) is 0 Å². The lowest BCUT2D eigenvalue weighted by Gasteiger charge is -2.04. The van der Waals surface area contributed by atoms with Crippen LogP contribution in [0.3, 0.4) is 0 Å². The monoisotopic (exact) mass is 217 g/mol. The van der Waals surface area contributed by atoms with Crippen LogP contribution in [0.2, 0.25) is 0 Å². The number of benzene rings is 1. The average molecular weight is 217 g/mol. The fourth-order valence-electron chi connectivity index (χ4n) is 1.54. The van der Waals surface area contributed by atoms with Gasteiger partial charge in [-0.25, -0.2) is 0 Å². The Kier molecular flexibility index (Phi) is 2.72. The number of methoxy groups -OCH3 is 1. The predicted molar refractivity (Wildman–Crippen MR) is 58.6 cm³/mol. The molecule has 0 saturated carbocycles. The van der Waals surface area contributed by atoms with Crippen molar-refractivity contribution < 1.29 is 14.1 Å². The van der Waals surface area contributed by atoms with E-state index in [0.717, 1.165) is 11.8 Å². The fraction of sp³-hybridized carbons (Fsp3) is 0.167. The summed E-state index contributed by atoms with van der Waals surface area (Å²) in [4.78, 5) is 10.9. The molecular weight excluding hydrogens is 206 g/mol. The molecule has 0 N–H and O–H groups in total. The quantitative estimate of drug-likeness (QED) is 0.741. The largest absolute Gasteiger partial charge is 0.496 e. The minimum Gasteiger partial charge on any atom is -0.496 e. The van der Waals surface area contributed by atoms with Crippen molar-refractivity contribution in [3.8, 4) is 17.1 Å². The van der Waals surface area contributed by atoms with Crippen LogP contribution in [0.15, 0.2) is 28.8 Å². The summed E-state index contributed by atoms with van der Waals surface area (Å²) < 4.78 is 10.4. The Morgan fingerprint density at radius 2 is 2.12 bits per heavy atom. The van der Waals surface area contributed by atoms with Gasteiger partial charge in [0.2, 0.25) is 0 Å². The van der Waals surface area contributed by atoms with E-state index >= 15 is 0 Å². The van der Waals surface area contributed by atoms with Crippen LogP contribution in [0.5, 0.6) is 5.75 Å². The summed E-state index contributed by atoms with van der Waals surface area (Å²) in [6, 6.07) is 7.34. The molecule has 0 aliphatic heterocycles. The Bertz CT molecular complexity index is 517. The van der Waals surface area contributed by atoms with Gasteiger partial charge in [0.1, 0.15) is 5.75 Å². The van der Waals surface area contributed by atoms with E-state index < -0.39 is 0 Å². The number of nitrogens with zero attached hydrogens (tertiary/aromatic N) is 1. The molecule has 0 fully saturated rings. The van der Waals surface area contributed by atoms with Crippen molar-refractivity contribution >= 4 is 6.29 Å². The number of rotatable bonds is 3. The molecule has 0 saturated heterocycles. The highest BCUT2D eigenvalue weighted by Crippen LogP contribution is 2.32. The van der Waals surface area contributed by atoms with E-state index in [1.54, 1.807) is 14.0 Å². The number of aryl methyl sites for hydroxylation is 1. The standard InChI is InChI=1S/C12H11NO3/c1-8-10(7-14)12(16-13-8)9-5-3-4-6-11(9)15-2/h3-7H,1-2H3. The molecule has 4 nitrogen and oxygen atoms in total. The lowest BCUT2D eigenvalue weighted by molar-refractivity contribution is 0.112. The highest BCUT2D eigenvalue weighted by Gasteiger charge is 2.17. The third kappa shape index (κ3) is 1.58. The molecule has 0 spiro atoms. The second-order valence-electron chi connectivity index (χ2n) is 3.33. The zero-order valence-corrected chi connectivity index (χ0v) is 9.06. The summed E-state index contributed by atoms with van der Waals surface area (Å²) in [5.41, 5.74) is 1.77. The van der Waals surface area contributed by atoms with Gasteiger partial charge in [0.15, 0.2) is 12.0 Å². The maximum Gasteiger partial charge on any atom is 0.181 e. The van der Waals surface area contributed by atoms with Crippen molar-refractivity contribution in [2.24, 2.45) is 0 Å². The molecular formula is C12H11NO3. The summed E-state index contributed by atoms with van der Waals surface area (Å²) in [5.74, 6) is 1.10. The highest BCUT2D eigenvalue weighted by atomic mass is 16.5. The molecule has 0 unspecified atom stereocenters. The number of hydrogen-bond acceptors (Lipinski definition) is 4. The van der Waals surface area contributed by atoms with E-state index in [9.17, 15) is 4.79 Å². The van der Waals surface area contributed by atoms with Gasteiger partial charge in [-0.2, -0.15) is 0 Å². The van der Waals surface area contributed by atoms with Crippen molar-refractivity contribution in [1.29, 1.82) is 0 Å². The first-order valence-electron chi connectivity index (χ1n) is 4.82. The third-order valence-electron chi connectivity index (χ3n) is 2.38. The molecule has 82 valence electrons. The van der Waals surface area contributed by atoms with Gasteiger partial charge in [-0.1, -0.05) is 17.3 Å². The van der Waals surface area contributed by atoms with Crippen molar-refractivity contribution in [3.05, 3.63) is 35.5 Å². The van der Waals surface area contributed by atoms with E-state index in [4.69, 9.17) is 9.26 Å². The molecule has 1 aromatic carbocycles. The Hall–Kier alpha value is -2.10. The van der Waals surface area contributed by atoms with Crippen LogP contribution in [0.4, 0.5) is 0 Å². The van der Waals surface area contributed by atoms with E-state index in [1.165, 1.54) is 0 Å². The second kappa shape index (κ2) is 4.18. The summed E-state index contributed by atoms with van der Waals surface area (Å²) >= 11 is 0. The molecule has 2 rings (SSSR count). The van der Waals surface area contributed by atoms with Crippen LogP contribution in [-0.4, -0.2) is 18.6 Å². The number of hydrogen-bond donors (Lipinski definition) is 0. The Morgan fingerprint density at radius 1 is 1.38 bits per heavy atom. The van der Waals surface area contributed by atoms with E-state index in [0.29, 0.717) is 22.8 Å². The zero-order valence-electron chi connectivity index (χ0n) is 9.06. The van der Waals surface area contributed by atoms with Crippen molar-refractivity contribution in [1.82, 2.24) is 5.16 Å². The zero-order chi connectivity index (χ0) is 11.5. The minimum atomic E-state index is 0.449. The normalized spacial score (nSPS) is 10.1. The molecule has 1 heterocycles. The van der Waals surface area contributed by atoms with Crippen LogP contribution < -0.4 is 4.74 Å². The van der Waals surface area contributed by atoms with Gasteiger partial charge >= 0.3 is 0 Å². The summed E-state index contributed by atoms with van der Waals surface area (Å²) in [6.07, 6.45) is 0.744. The number of para-hydroxylation sites is 1. The highest BCUT2D eigenvalue weighted by molar-refractivity contribution is 5.87. The van der Waals surface area contributed by atoms with E-state index in [-0.39, 0.29) is 0 Å². The molecule has 2 aromatic rings. The van der Waals surface area contributed by atoms with Crippen molar-refractivity contribution in [2.75, 3.05) is 7.11 Å². The number of carbonyl (C=O) groups excluding carboxylic acids is 1. The third-order valence-corrected chi connectivity index (χ3v) is 2.38. The lowest BCUT2D eigenvalue weighted by atomic mass is 10.1. The van der Waals surface area contributed by atoms with Gasteiger partial charge in [-0.3, -0.25) is 4.79 Å². The molecule has 16 heavy (non-hydrogen) atoms. The van der Waals surface area contributed by atoms with Gasteiger partial charge in [0.25, 0.3) is 0 Å². The first-order chi connectivity index (χ1) is 7.77.